The second-order valence-corrected chi connectivity index (χ2v) is 7.63. The maximum Gasteiger partial charge on any atom is 0.262 e. The average molecular weight is 326 g/mol. The summed E-state index contributed by atoms with van der Waals surface area (Å²) in [6, 6.07) is 4.43. The molecule has 0 radical (unpaired) electrons. The fraction of sp³-hybridized carbons (Fsp3) is 0.500. The summed E-state index contributed by atoms with van der Waals surface area (Å²) in [7, 11) is -3.65. The molecule has 0 bridgehead atoms. The van der Waals surface area contributed by atoms with Gasteiger partial charge in [-0.1, -0.05) is 6.92 Å². The summed E-state index contributed by atoms with van der Waals surface area (Å²) in [5.74, 6) is 0.0435. The number of aliphatic hydroxyl groups excluding tert-OH is 1. The van der Waals surface area contributed by atoms with Crippen molar-refractivity contribution in [1.82, 2.24) is 4.31 Å². The molecule has 22 heavy (non-hydrogen) atoms. The second-order valence-electron chi connectivity index (χ2n) is 5.69. The Balaban J connectivity index is 1.89. The lowest BCUT2D eigenvalue weighted by molar-refractivity contribution is -0.118. The number of benzene rings is 1. The molecule has 1 aromatic rings. The molecule has 3 rings (SSSR count). The largest absolute Gasteiger partial charge is 0.482 e. The lowest BCUT2D eigenvalue weighted by Crippen LogP contribution is -2.44. The van der Waals surface area contributed by atoms with Crippen molar-refractivity contribution in [3.05, 3.63) is 18.2 Å². The Kier molecular flexibility index (Phi) is 3.84. The lowest BCUT2D eigenvalue weighted by Gasteiger charge is -2.33. The Bertz CT molecular complexity index is 703. The smallest absolute Gasteiger partial charge is 0.262 e. The van der Waals surface area contributed by atoms with E-state index in [0.29, 0.717) is 17.9 Å². The number of aliphatic hydroxyl groups is 1. The van der Waals surface area contributed by atoms with E-state index in [1.54, 1.807) is 6.07 Å². The molecule has 0 unspecified atom stereocenters. The number of carbonyl (C=O) groups excluding carboxylic acids is 1. The summed E-state index contributed by atoms with van der Waals surface area (Å²) < 4.78 is 32.0. The van der Waals surface area contributed by atoms with Gasteiger partial charge >= 0.3 is 0 Å². The number of ether oxygens (including phenoxy) is 1. The van der Waals surface area contributed by atoms with Crippen molar-refractivity contribution in [3.8, 4) is 5.75 Å². The van der Waals surface area contributed by atoms with Gasteiger partial charge in [0, 0.05) is 13.1 Å². The zero-order chi connectivity index (χ0) is 15.9. The van der Waals surface area contributed by atoms with Crippen LogP contribution >= 0.6 is 0 Å². The molecule has 7 nitrogen and oxygen atoms in total. The van der Waals surface area contributed by atoms with Crippen LogP contribution in [0.5, 0.6) is 5.75 Å². The topological polar surface area (TPSA) is 95.9 Å². The van der Waals surface area contributed by atoms with Gasteiger partial charge in [0.2, 0.25) is 10.0 Å². The molecule has 0 saturated carbocycles. The van der Waals surface area contributed by atoms with Crippen LogP contribution in [0.25, 0.3) is 0 Å². The Morgan fingerprint density at radius 2 is 2.18 bits per heavy atom. The standard InChI is InChI=1S/C14H18N2O5S/c1-9-7-16(5-4-12(9)17)22(19,20)10-2-3-13-11(6-10)15-14(18)8-21-13/h2-3,6,9,12,17H,4-5,7-8H2,1H3,(H,15,18)/t9-,12+/m1/s1. The first kappa shape index (κ1) is 15.3. The number of carbonyl (C=O) groups is 1. The van der Waals surface area contributed by atoms with E-state index in [0.717, 1.165) is 0 Å². The Labute approximate surface area is 128 Å². The maximum atomic E-state index is 12.7. The predicted octanol–water partition coefficient (Wildman–Crippen LogP) is 0.409. The number of anilines is 1. The van der Waals surface area contributed by atoms with Gasteiger partial charge in [0.05, 0.1) is 16.7 Å². The van der Waals surface area contributed by atoms with E-state index < -0.39 is 16.1 Å². The third kappa shape index (κ3) is 2.69. The number of hydrogen-bond donors (Lipinski definition) is 2. The first-order valence-corrected chi connectivity index (χ1v) is 8.57. The lowest BCUT2D eigenvalue weighted by atomic mass is 9.99. The number of amides is 1. The molecule has 2 aliphatic heterocycles. The number of rotatable bonds is 2. The van der Waals surface area contributed by atoms with E-state index in [9.17, 15) is 18.3 Å². The van der Waals surface area contributed by atoms with Gasteiger partial charge in [-0.2, -0.15) is 4.31 Å². The molecule has 120 valence electrons. The molecule has 2 atom stereocenters. The quantitative estimate of drug-likeness (QED) is 0.820. The van der Waals surface area contributed by atoms with Gasteiger partial charge in [-0.25, -0.2) is 8.42 Å². The molecule has 2 aliphatic rings. The van der Waals surface area contributed by atoms with Crippen LogP contribution < -0.4 is 10.1 Å². The Hall–Kier alpha value is -1.64. The van der Waals surface area contributed by atoms with E-state index in [2.05, 4.69) is 5.32 Å². The number of hydrogen-bond acceptors (Lipinski definition) is 5. The minimum Gasteiger partial charge on any atom is -0.482 e. The van der Waals surface area contributed by atoms with Gasteiger partial charge in [-0.05, 0) is 30.5 Å². The highest BCUT2D eigenvalue weighted by Crippen LogP contribution is 2.32. The van der Waals surface area contributed by atoms with Gasteiger partial charge in [0.1, 0.15) is 5.75 Å². The van der Waals surface area contributed by atoms with Crippen molar-refractivity contribution in [2.45, 2.75) is 24.3 Å². The maximum absolute atomic E-state index is 12.7. The number of sulfonamides is 1. The van der Waals surface area contributed by atoms with E-state index in [4.69, 9.17) is 4.74 Å². The zero-order valence-electron chi connectivity index (χ0n) is 12.2. The first-order valence-electron chi connectivity index (χ1n) is 7.13. The molecule has 0 aliphatic carbocycles. The van der Waals surface area contributed by atoms with Crippen molar-refractivity contribution in [1.29, 1.82) is 0 Å². The third-order valence-corrected chi connectivity index (χ3v) is 5.91. The summed E-state index contributed by atoms with van der Waals surface area (Å²) in [5.41, 5.74) is 0.363. The van der Waals surface area contributed by atoms with Crippen molar-refractivity contribution >= 4 is 21.6 Å². The van der Waals surface area contributed by atoms with E-state index in [1.807, 2.05) is 6.92 Å². The monoisotopic (exact) mass is 326 g/mol. The van der Waals surface area contributed by atoms with Crippen LogP contribution in [0.3, 0.4) is 0 Å². The molecule has 1 aromatic carbocycles. The zero-order valence-corrected chi connectivity index (χ0v) is 13.0. The third-order valence-electron chi connectivity index (χ3n) is 4.04. The summed E-state index contributed by atoms with van der Waals surface area (Å²) in [5, 5.41) is 12.3. The molecule has 2 N–H and O–H groups in total. The number of fused-ring (bicyclic) bond motifs is 1. The molecule has 2 heterocycles. The highest BCUT2D eigenvalue weighted by Gasteiger charge is 2.33. The van der Waals surface area contributed by atoms with Gasteiger partial charge in [0.15, 0.2) is 6.61 Å². The Morgan fingerprint density at radius 3 is 2.91 bits per heavy atom. The summed E-state index contributed by atoms with van der Waals surface area (Å²) in [6.45, 7) is 2.32. The predicted molar refractivity (Wildman–Crippen MR) is 79.1 cm³/mol. The van der Waals surface area contributed by atoms with Crippen LogP contribution in [0.2, 0.25) is 0 Å². The van der Waals surface area contributed by atoms with Gasteiger partial charge in [-0.3, -0.25) is 4.79 Å². The van der Waals surface area contributed by atoms with Crippen LogP contribution in [0.4, 0.5) is 5.69 Å². The van der Waals surface area contributed by atoms with Crippen LogP contribution in [0.1, 0.15) is 13.3 Å². The Morgan fingerprint density at radius 1 is 1.41 bits per heavy atom. The average Bonchev–Trinajstić information content (AvgIpc) is 2.49. The fourth-order valence-corrected chi connectivity index (χ4v) is 4.27. The van der Waals surface area contributed by atoms with Crippen LogP contribution in [-0.2, 0) is 14.8 Å². The molecule has 1 fully saturated rings. The molecule has 8 heteroatoms. The molecular weight excluding hydrogens is 308 g/mol. The van der Waals surface area contributed by atoms with Crippen LogP contribution in [-0.4, -0.2) is 49.5 Å². The van der Waals surface area contributed by atoms with Crippen molar-refractivity contribution in [2.75, 3.05) is 25.0 Å². The highest BCUT2D eigenvalue weighted by molar-refractivity contribution is 7.89. The summed E-state index contributed by atoms with van der Waals surface area (Å²) in [6.07, 6.45) is -0.0479. The van der Waals surface area contributed by atoms with E-state index in [1.165, 1.54) is 16.4 Å². The SMILES string of the molecule is C[C@@H]1CN(S(=O)(=O)c2ccc3c(c2)NC(=O)CO3)CC[C@@H]1O. The minimum atomic E-state index is -3.65. The minimum absolute atomic E-state index is 0.0688. The van der Waals surface area contributed by atoms with Crippen molar-refractivity contribution in [2.24, 2.45) is 5.92 Å². The normalized spacial score (nSPS) is 26.0. The van der Waals surface area contributed by atoms with Crippen LogP contribution in [0.15, 0.2) is 23.1 Å². The van der Waals surface area contributed by atoms with Crippen LogP contribution in [0, 0.1) is 5.92 Å². The molecule has 1 saturated heterocycles. The number of nitrogens with zero attached hydrogens (tertiary/aromatic N) is 1. The van der Waals surface area contributed by atoms with E-state index >= 15 is 0 Å². The van der Waals surface area contributed by atoms with Gasteiger partial charge in [-0.15, -0.1) is 0 Å². The number of piperidine rings is 1. The first-order chi connectivity index (χ1) is 10.4. The van der Waals surface area contributed by atoms with Crippen molar-refractivity contribution < 1.29 is 23.1 Å². The number of nitrogens with one attached hydrogen (secondary N) is 1. The van der Waals surface area contributed by atoms with Gasteiger partial charge in [0.25, 0.3) is 5.91 Å². The second kappa shape index (κ2) is 5.53. The highest BCUT2D eigenvalue weighted by atomic mass is 32.2. The molecular formula is C14H18N2O5S. The summed E-state index contributed by atoms with van der Waals surface area (Å²) >= 11 is 0. The fourth-order valence-electron chi connectivity index (χ4n) is 2.69. The van der Waals surface area contributed by atoms with E-state index in [-0.39, 0.29) is 36.4 Å². The molecule has 0 aromatic heterocycles. The van der Waals surface area contributed by atoms with Crippen molar-refractivity contribution in [3.63, 3.8) is 0 Å². The summed E-state index contributed by atoms with van der Waals surface area (Å²) in [4.78, 5) is 11.5. The molecule has 1 amide bonds. The van der Waals surface area contributed by atoms with Gasteiger partial charge < -0.3 is 15.2 Å². The molecule has 0 spiro atoms.